The predicted octanol–water partition coefficient (Wildman–Crippen LogP) is 3.66. The molecular formula is C14H10BrClN4O. The molecule has 21 heavy (non-hydrogen) atoms. The molecule has 2 rings (SSSR count). The number of nitriles is 1. The summed E-state index contributed by atoms with van der Waals surface area (Å²) in [5.41, 5.74) is 1.46. The van der Waals surface area contributed by atoms with Crippen LogP contribution in [0, 0.1) is 11.3 Å². The molecule has 0 atom stereocenters. The first kappa shape index (κ1) is 15.3. The van der Waals surface area contributed by atoms with E-state index in [1.165, 1.54) is 6.07 Å². The van der Waals surface area contributed by atoms with E-state index < -0.39 is 0 Å². The van der Waals surface area contributed by atoms with E-state index in [9.17, 15) is 4.79 Å². The molecule has 0 fully saturated rings. The van der Waals surface area contributed by atoms with Crippen molar-refractivity contribution in [3.8, 4) is 6.07 Å². The minimum Gasteiger partial charge on any atom is -0.373 e. The van der Waals surface area contributed by atoms with Gasteiger partial charge in [0.15, 0.2) is 0 Å². The smallest absolute Gasteiger partial charge is 0.255 e. The zero-order chi connectivity index (χ0) is 15.4. The molecule has 1 heterocycles. The molecule has 5 nitrogen and oxygen atoms in total. The monoisotopic (exact) mass is 364 g/mol. The van der Waals surface area contributed by atoms with Gasteiger partial charge < -0.3 is 10.6 Å². The molecule has 1 aromatic heterocycles. The zero-order valence-electron chi connectivity index (χ0n) is 10.9. The summed E-state index contributed by atoms with van der Waals surface area (Å²) >= 11 is 9.19. The van der Waals surface area contributed by atoms with Gasteiger partial charge in [-0.2, -0.15) is 5.26 Å². The summed E-state index contributed by atoms with van der Waals surface area (Å²) in [6, 6.07) is 10.0. The van der Waals surface area contributed by atoms with E-state index in [2.05, 4.69) is 31.5 Å². The lowest BCUT2D eigenvalue weighted by atomic mass is 10.2. The van der Waals surface area contributed by atoms with E-state index in [0.717, 1.165) is 0 Å². The Morgan fingerprint density at radius 2 is 2.14 bits per heavy atom. The van der Waals surface area contributed by atoms with Gasteiger partial charge >= 0.3 is 0 Å². The predicted molar refractivity (Wildman–Crippen MR) is 85.6 cm³/mol. The average Bonchev–Trinajstić information content (AvgIpc) is 2.48. The first-order chi connectivity index (χ1) is 10.0. The number of anilines is 2. The molecule has 0 bridgehead atoms. The Kier molecular flexibility index (Phi) is 4.78. The fourth-order valence-electron chi connectivity index (χ4n) is 1.64. The standard InChI is InChI=1S/C14H10BrClN4O/c1-18-13-6-9(5-12(16)20-13)14(21)19-11-3-2-8(7-17)4-10(11)15/h2-6H,1H3,(H,18,20)(H,19,21). The number of carbonyl (C=O) groups is 1. The average molecular weight is 366 g/mol. The van der Waals surface area contributed by atoms with Gasteiger partial charge in [-0.1, -0.05) is 11.6 Å². The molecule has 1 amide bonds. The quantitative estimate of drug-likeness (QED) is 0.814. The molecule has 0 unspecified atom stereocenters. The highest BCUT2D eigenvalue weighted by Crippen LogP contribution is 2.24. The van der Waals surface area contributed by atoms with Gasteiger partial charge in [-0.3, -0.25) is 4.79 Å². The molecule has 0 spiro atoms. The molecule has 1 aromatic carbocycles. The highest BCUT2D eigenvalue weighted by Gasteiger charge is 2.11. The number of nitrogens with zero attached hydrogens (tertiary/aromatic N) is 2. The molecule has 0 saturated carbocycles. The number of benzene rings is 1. The maximum absolute atomic E-state index is 12.2. The van der Waals surface area contributed by atoms with Crippen LogP contribution in [0.4, 0.5) is 11.5 Å². The van der Waals surface area contributed by atoms with Crippen LogP contribution < -0.4 is 10.6 Å². The van der Waals surface area contributed by atoms with Crippen LogP contribution in [0.15, 0.2) is 34.8 Å². The number of hydrogen-bond acceptors (Lipinski definition) is 4. The summed E-state index contributed by atoms with van der Waals surface area (Å²) in [6.45, 7) is 0. The molecular weight excluding hydrogens is 356 g/mol. The summed E-state index contributed by atoms with van der Waals surface area (Å²) in [4.78, 5) is 16.2. The number of pyridine rings is 1. The molecule has 7 heteroatoms. The number of hydrogen-bond donors (Lipinski definition) is 2. The third kappa shape index (κ3) is 3.72. The number of carbonyl (C=O) groups excluding carboxylic acids is 1. The maximum atomic E-state index is 12.2. The summed E-state index contributed by atoms with van der Waals surface area (Å²) in [5, 5.41) is 14.6. The van der Waals surface area contributed by atoms with E-state index in [1.807, 2.05) is 6.07 Å². The topological polar surface area (TPSA) is 77.8 Å². The lowest BCUT2D eigenvalue weighted by Crippen LogP contribution is -2.13. The highest BCUT2D eigenvalue weighted by molar-refractivity contribution is 9.10. The van der Waals surface area contributed by atoms with Gasteiger partial charge in [-0.15, -0.1) is 0 Å². The molecule has 0 aliphatic rings. The van der Waals surface area contributed by atoms with Crippen molar-refractivity contribution in [1.29, 1.82) is 5.26 Å². The maximum Gasteiger partial charge on any atom is 0.255 e. The van der Waals surface area contributed by atoms with Crippen molar-refractivity contribution >= 4 is 44.9 Å². The van der Waals surface area contributed by atoms with E-state index in [0.29, 0.717) is 27.1 Å². The van der Waals surface area contributed by atoms with Gasteiger partial charge in [0.1, 0.15) is 11.0 Å². The van der Waals surface area contributed by atoms with Gasteiger partial charge in [0.2, 0.25) is 0 Å². The number of aromatic nitrogens is 1. The van der Waals surface area contributed by atoms with Gasteiger partial charge in [0, 0.05) is 17.1 Å². The summed E-state index contributed by atoms with van der Waals surface area (Å²) < 4.78 is 0.629. The van der Waals surface area contributed by atoms with Crippen molar-refractivity contribution in [1.82, 2.24) is 4.98 Å². The normalized spacial score (nSPS) is 9.81. The van der Waals surface area contributed by atoms with Gasteiger partial charge in [0.25, 0.3) is 5.91 Å². The van der Waals surface area contributed by atoms with Crippen LogP contribution in [-0.4, -0.2) is 17.9 Å². The minimum absolute atomic E-state index is 0.228. The number of rotatable bonds is 3. The molecule has 0 radical (unpaired) electrons. The van der Waals surface area contributed by atoms with Crippen LogP contribution in [0.5, 0.6) is 0 Å². The van der Waals surface area contributed by atoms with E-state index in [1.54, 1.807) is 31.3 Å². The summed E-state index contributed by atoms with van der Waals surface area (Å²) in [7, 11) is 1.69. The Morgan fingerprint density at radius 1 is 1.38 bits per heavy atom. The fraction of sp³-hybridized carbons (Fsp3) is 0.0714. The third-order valence-electron chi connectivity index (χ3n) is 2.66. The van der Waals surface area contributed by atoms with Crippen molar-refractivity contribution in [2.24, 2.45) is 0 Å². The number of halogens is 2. The lowest BCUT2D eigenvalue weighted by molar-refractivity contribution is 0.102. The number of amides is 1. The SMILES string of the molecule is CNc1cc(C(=O)Nc2ccc(C#N)cc2Br)cc(Cl)n1. The van der Waals surface area contributed by atoms with E-state index in [4.69, 9.17) is 16.9 Å². The van der Waals surface area contributed by atoms with Crippen LogP contribution >= 0.6 is 27.5 Å². The molecule has 106 valence electrons. The van der Waals surface area contributed by atoms with Crippen LogP contribution in [0.3, 0.4) is 0 Å². The van der Waals surface area contributed by atoms with E-state index >= 15 is 0 Å². The van der Waals surface area contributed by atoms with Gasteiger partial charge in [-0.05, 0) is 46.3 Å². The molecule has 0 aliphatic carbocycles. The Hall–Kier alpha value is -2.10. The Labute approximate surface area is 135 Å². The van der Waals surface area contributed by atoms with Crippen molar-refractivity contribution < 1.29 is 4.79 Å². The second kappa shape index (κ2) is 6.57. The second-order valence-electron chi connectivity index (χ2n) is 4.07. The van der Waals surface area contributed by atoms with Gasteiger partial charge in [-0.25, -0.2) is 4.98 Å². The first-order valence-electron chi connectivity index (χ1n) is 5.90. The summed E-state index contributed by atoms with van der Waals surface area (Å²) in [5.74, 6) is 0.188. The largest absolute Gasteiger partial charge is 0.373 e. The molecule has 2 N–H and O–H groups in total. The zero-order valence-corrected chi connectivity index (χ0v) is 13.3. The van der Waals surface area contributed by atoms with Crippen LogP contribution in [0.1, 0.15) is 15.9 Å². The van der Waals surface area contributed by atoms with Crippen molar-refractivity contribution in [3.05, 3.63) is 51.1 Å². The van der Waals surface area contributed by atoms with Crippen molar-refractivity contribution in [3.63, 3.8) is 0 Å². The van der Waals surface area contributed by atoms with Crippen molar-refractivity contribution in [2.45, 2.75) is 0 Å². The highest BCUT2D eigenvalue weighted by atomic mass is 79.9. The Balaban J connectivity index is 2.26. The van der Waals surface area contributed by atoms with E-state index in [-0.39, 0.29) is 11.1 Å². The Morgan fingerprint density at radius 3 is 2.76 bits per heavy atom. The summed E-state index contributed by atoms with van der Waals surface area (Å²) in [6.07, 6.45) is 0. The second-order valence-corrected chi connectivity index (χ2v) is 5.32. The van der Waals surface area contributed by atoms with Crippen LogP contribution in [0.2, 0.25) is 5.15 Å². The third-order valence-corrected chi connectivity index (χ3v) is 3.51. The molecule has 0 saturated heterocycles. The molecule has 0 aliphatic heterocycles. The minimum atomic E-state index is -0.318. The lowest BCUT2D eigenvalue weighted by Gasteiger charge is -2.09. The first-order valence-corrected chi connectivity index (χ1v) is 7.07. The fourth-order valence-corrected chi connectivity index (χ4v) is 2.32. The van der Waals surface area contributed by atoms with Crippen molar-refractivity contribution in [2.75, 3.05) is 17.7 Å². The van der Waals surface area contributed by atoms with Crippen LogP contribution in [-0.2, 0) is 0 Å². The van der Waals surface area contributed by atoms with Gasteiger partial charge in [0.05, 0.1) is 17.3 Å². The number of nitrogens with one attached hydrogen (secondary N) is 2. The Bertz CT molecular complexity index is 742. The van der Waals surface area contributed by atoms with Crippen LogP contribution in [0.25, 0.3) is 0 Å². The molecule has 2 aromatic rings.